The van der Waals surface area contributed by atoms with Gasteiger partial charge in [-0.15, -0.1) is 0 Å². The van der Waals surface area contributed by atoms with Crippen molar-refractivity contribution >= 4 is 10.8 Å². The summed E-state index contributed by atoms with van der Waals surface area (Å²) in [4.78, 5) is 0. The quantitative estimate of drug-likeness (QED) is 0.740. The van der Waals surface area contributed by atoms with Crippen LogP contribution in [0.1, 0.15) is 17.5 Å². The van der Waals surface area contributed by atoms with E-state index >= 15 is 0 Å². The van der Waals surface area contributed by atoms with Crippen LogP contribution in [0.5, 0.6) is 11.5 Å². The smallest absolute Gasteiger partial charge is 0.127 e. The van der Waals surface area contributed by atoms with Gasteiger partial charge in [-0.1, -0.05) is 36.4 Å². The summed E-state index contributed by atoms with van der Waals surface area (Å²) in [5, 5.41) is 13.2. The molecule has 0 fully saturated rings. The Morgan fingerprint density at radius 2 is 1.68 bits per heavy atom. The van der Waals surface area contributed by atoms with E-state index in [1.54, 1.807) is 7.11 Å². The Bertz CT molecular complexity index is 851. The first-order chi connectivity index (χ1) is 10.8. The van der Waals surface area contributed by atoms with Gasteiger partial charge in [-0.25, -0.2) is 0 Å². The SMILES string of the molecule is COc1ccc2c3c(c(O)c(-c4ccccc4)c2c1)CCC3. The largest absolute Gasteiger partial charge is 0.507 e. The fraction of sp³-hybridized carbons (Fsp3) is 0.200. The molecule has 0 aromatic heterocycles. The molecule has 1 aliphatic carbocycles. The van der Waals surface area contributed by atoms with Crippen LogP contribution in [0.2, 0.25) is 0 Å². The molecule has 4 rings (SSSR count). The van der Waals surface area contributed by atoms with Crippen molar-refractivity contribution in [3.8, 4) is 22.6 Å². The monoisotopic (exact) mass is 290 g/mol. The number of rotatable bonds is 2. The van der Waals surface area contributed by atoms with Gasteiger partial charge in [0.15, 0.2) is 0 Å². The van der Waals surface area contributed by atoms with Crippen molar-refractivity contribution in [1.29, 1.82) is 0 Å². The van der Waals surface area contributed by atoms with Crippen molar-refractivity contribution in [2.45, 2.75) is 19.3 Å². The minimum atomic E-state index is 0.444. The van der Waals surface area contributed by atoms with E-state index in [1.807, 2.05) is 30.3 Å². The lowest BCUT2D eigenvalue weighted by molar-refractivity contribution is 0.415. The molecule has 0 heterocycles. The first kappa shape index (κ1) is 13.2. The average molecular weight is 290 g/mol. The molecule has 0 unspecified atom stereocenters. The number of ether oxygens (including phenoxy) is 1. The third kappa shape index (κ3) is 1.87. The number of hydrogen-bond donors (Lipinski definition) is 1. The van der Waals surface area contributed by atoms with Crippen LogP contribution in [0.3, 0.4) is 0 Å². The number of phenolic OH excluding ortho intramolecular Hbond substituents is 1. The van der Waals surface area contributed by atoms with E-state index in [9.17, 15) is 5.11 Å². The third-order valence-corrected chi connectivity index (χ3v) is 4.62. The molecular formula is C20H18O2. The second-order valence-electron chi connectivity index (χ2n) is 5.81. The zero-order valence-corrected chi connectivity index (χ0v) is 12.6. The minimum absolute atomic E-state index is 0.444. The molecule has 1 N–H and O–H groups in total. The number of benzene rings is 3. The molecular weight excluding hydrogens is 272 g/mol. The van der Waals surface area contributed by atoms with Crippen LogP contribution in [0.15, 0.2) is 48.5 Å². The lowest BCUT2D eigenvalue weighted by Crippen LogP contribution is -1.93. The summed E-state index contributed by atoms with van der Waals surface area (Å²) in [6.07, 6.45) is 3.12. The molecule has 2 nitrogen and oxygen atoms in total. The van der Waals surface area contributed by atoms with Gasteiger partial charge in [-0.2, -0.15) is 0 Å². The maximum absolute atomic E-state index is 10.9. The number of aromatic hydroxyl groups is 1. The van der Waals surface area contributed by atoms with Crippen LogP contribution in [0, 0.1) is 0 Å². The molecule has 22 heavy (non-hydrogen) atoms. The number of hydrogen-bond acceptors (Lipinski definition) is 2. The van der Waals surface area contributed by atoms with Crippen molar-refractivity contribution in [2.75, 3.05) is 7.11 Å². The molecule has 0 bridgehead atoms. The summed E-state index contributed by atoms with van der Waals surface area (Å²) in [7, 11) is 1.68. The molecule has 3 aromatic rings. The number of phenols is 1. The molecule has 0 atom stereocenters. The maximum atomic E-state index is 10.9. The summed E-state index contributed by atoms with van der Waals surface area (Å²) in [5.41, 5.74) is 4.40. The van der Waals surface area contributed by atoms with E-state index in [1.165, 1.54) is 10.9 Å². The van der Waals surface area contributed by atoms with Gasteiger partial charge in [0, 0.05) is 5.56 Å². The highest BCUT2D eigenvalue weighted by atomic mass is 16.5. The predicted molar refractivity (Wildman–Crippen MR) is 89.6 cm³/mol. The van der Waals surface area contributed by atoms with Crippen LogP contribution in [-0.2, 0) is 12.8 Å². The van der Waals surface area contributed by atoms with Gasteiger partial charge in [0.2, 0.25) is 0 Å². The fourth-order valence-electron chi connectivity index (χ4n) is 3.60. The Balaban J connectivity index is 2.14. The summed E-state index contributed by atoms with van der Waals surface area (Å²) in [5.74, 6) is 1.27. The van der Waals surface area contributed by atoms with Crippen LogP contribution >= 0.6 is 0 Å². The second kappa shape index (κ2) is 5.06. The lowest BCUT2D eigenvalue weighted by Gasteiger charge is -2.16. The molecule has 1 aliphatic rings. The normalized spacial score (nSPS) is 13.3. The summed E-state index contributed by atoms with van der Waals surface area (Å²) in [6, 6.07) is 16.3. The second-order valence-corrected chi connectivity index (χ2v) is 5.81. The van der Waals surface area contributed by atoms with Gasteiger partial charge in [0.1, 0.15) is 11.5 Å². The zero-order chi connectivity index (χ0) is 15.1. The van der Waals surface area contributed by atoms with Crippen LogP contribution < -0.4 is 4.74 Å². The first-order valence-corrected chi connectivity index (χ1v) is 7.69. The van der Waals surface area contributed by atoms with Crippen LogP contribution in [0.25, 0.3) is 21.9 Å². The van der Waals surface area contributed by atoms with Crippen molar-refractivity contribution in [1.82, 2.24) is 0 Å². The predicted octanol–water partition coefficient (Wildman–Crippen LogP) is 4.71. The summed E-state index contributed by atoms with van der Waals surface area (Å²) >= 11 is 0. The Morgan fingerprint density at radius 3 is 2.45 bits per heavy atom. The Kier molecular flexibility index (Phi) is 3.04. The van der Waals surface area contributed by atoms with Gasteiger partial charge in [0.05, 0.1) is 7.11 Å². The number of methoxy groups -OCH3 is 1. The highest BCUT2D eigenvalue weighted by Gasteiger charge is 2.23. The molecule has 0 amide bonds. The minimum Gasteiger partial charge on any atom is -0.507 e. The van der Waals surface area contributed by atoms with Gasteiger partial charge >= 0.3 is 0 Å². The Morgan fingerprint density at radius 1 is 0.909 bits per heavy atom. The third-order valence-electron chi connectivity index (χ3n) is 4.62. The van der Waals surface area contributed by atoms with Crippen molar-refractivity contribution in [2.24, 2.45) is 0 Å². The molecule has 0 spiro atoms. The molecule has 0 saturated carbocycles. The number of fused-ring (bicyclic) bond motifs is 3. The topological polar surface area (TPSA) is 29.5 Å². The molecule has 0 saturated heterocycles. The van der Waals surface area contributed by atoms with Gasteiger partial charge in [-0.3, -0.25) is 0 Å². The highest BCUT2D eigenvalue weighted by molar-refractivity contribution is 6.03. The summed E-state index contributed by atoms with van der Waals surface area (Å²) < 4.78 is 5.39. The van der Waals surface area contributed by atoms with Gasteiger partial charge < -0.3 is 9.84 Å². The summed E-state index contributed by atoms with van der Waals surface area (Å²) in [6.45, 7) is 0. The van der Waals surface area contributed by atoms with E-state index in [2.05, 4.69) is 18.2 Å². The maximum Gasteiger partial charge on any atom is 0.127 e. The van der Waals surface area contributed by atoms with Crippen LogP contribution in [0.4, 0.5) is 0 Å². The van der Waals surface area contributed by atoms with E-state index in [0.29, 0.717) is 5.75 Å². The van der Waals surface area contributed by atoms with Crippen molar-refractivity contribution in [3.05, 3.63) is 59.7 Å². The van der Waals surface area contributed by atoms with Crippen molar-refractivity contribution < 1.29 is 9.84 Å². The van der Waals surface area contributed by atoms with E-state index in [-0.39, 0.29) is 0 Å². The standard InChI is InChI=1S/C20H18O2/c1-22-14-10-11-16-15-8-5-9-17(15)20(21)19(18(16)12-14)13-6-3-2-4-7-13/h2-4,6-7,10-12,21H,5,8-9H2,1H3. The molecule has 0 aliphatic heterocycles. The van der Waals surface area contributed by atoms with Crippen LogP contribution in [-0.4, -0.2) is 12.2 Å². The van der Waals surface area contributed by atoms with Gasteiger partial charge in [-0.05, 0) is 58.9 Å². The first-order valence-electron chi connectivity index (χ1n) is 7.69. The van der Waals surface area contributed by atoms with Gasteiger partial charge in [0.25, 0.3) is 0 Å². The zero-order valence-electron chi connectivity index (χ0n) is 12.6. The molecule has 0 radical (unpaired) electrons. The highest BCUT2D eigenvalue weighted by Crippen LogP contribution is 2.45. The van der Waals surface area contributed by atoms with E-state index < -0.39 is 0 Å². The lowest BCUT2D eigenvalue weighted by atomic mass is 9.91. The molecule has 2 heteroatoms. The van der Waals surface area contributed by atoms with E-state index in [0.717, 1.165) is 47.1 Å². The fourth-order valence-corrected chi connectivity index (χ4v) is 3.60. The molecule has 3 aromatic carbocycles. The average Bonchev–Trinajstić information content (AvgIpc) is 3.06. The van der Waals surface area contributed by atoms with Crippen molar-refractivity contribution in [3.63, 3.8) is 0 Å². The van der Waals surface area contributed by atoms with E-state index in [4.69, 9.17) is 4.74 Å². The molecule has 110 valence electrons. The number of aryl methyl sites for hydroxylation is 1. The Labute approximate surface area is 130 Å². The Hall–Kier alpha value is -2.48.